The summed E-state index contributed by atoms with van der Waals surface area (Å²) in [4.78, 5) is 15.1. The monoisotopic (exact) mass is 452 g/mol. The van der Waals surface area contributed by atoms with Gasteiger partial charge in [-0.2, -0.15) is 0 Å². The van der Waals surface area contributed by atoms with Crippen molar-refractivity contribution in [2.45, 2.75) is 12.0 Å². The summed E-state index contributed by atoms with van der Waals surface area (Å²) >= 11 is 12.3. The molecule has 30 heavy (non-hydrogen) atoms. The first-order valence-electron chi connectivity index (χ1n) is 9.37. The van der Waals surface area contributed by atoms with Crippen molar-refractivity contribution >= 4 is 29.1 Å². The standard InChI is InChI=1S/C22H24Cl2NO5/c1-5-22(15-6-7-16(23)17(24)12-15)13-25(8-9-30-22)21(26)14-10-18(27-2)20(29-4)19(11-14)28-3/h6-7,10-12H,1,5,8-9,13H2,2-4H3. The van der Waals surface area contributed by atoms with Gasteiger partial charge < -0.3 is 23.8 Å². The minimum Gasteiger partial charge on any atom is -0.493 e. The maximum atomic E-state index is 13.3. The molecule has 6 nitrogen and oxygen atoms in total. The van der Waals surface area contributed by atoms with Crippen LogP contribution in [0.4, 0.5) is 0 Å². The van der Waals surface area contributed by atoms with Gasteiger partial charge in [0.2, 0.25) is 5.75 Å². The molecule has 0 aromatic heterocycles. The summed E-state index contributed by atoms with van der Waals surface area (Å²) in [6.07, 6.45) is 0.421. The van der Waals surface area contributed by atoms with Crippen molar-refractivity contribution in [2.24, 2.45) is 0 Å². The van der Waals surface area contributed by atoms with E-state index < -0.39 is 5.60 Å². The van der Waals surface area contributed by atoms with E-state index in [1.165, 1.54) is 21.3 Å². The average molecular weight is 453 g/mol. The first-order valence-corrected chi connectivity index (χ1v) is 10.1. The second kappa shape index (κ2) is 9.33. The molecule has 1 amide bonds. The van der Waals surface area contributed by atoms with Gasteiger partial charge >= 0.3 is 0 Å². The first-order chi connectivity index (χ1) is 14.4. The Labute approximate surface area is 186 Å². The van der Waals surface area contributed by atoms with Crippen LogP contribution in [0.3, 0.4) is 0 Å². The summed E-state index contributed by atoms with van der Waals surface area (Å²) in [5.74, 6) is 1.10. The number of halogens is 2. The summed E-state index contributed by atoms with van der Waals surface area (Å²) in [5, 5.41) is 0.888. The Hall–Kier alpha value is -2.15. The van der Waals surface area contributed by atoms with Crippen molar-refractivity contribution in [3.8, 4) is 17.2 Å². The second-order valence-electron chi connectivity index (χ2n) is 6.86. The zero-order valence-corrected chi connectivity index (χ0v) is 18.7. The summed E-state index contributed by atoms with van der Waals surface area (Å²) in [5.41, 5.74) is 0.482. The van der Waals surface area contributed by atoms with Gasteiger partial charge in [0, 0.05) is 12.1 Å². The van der Waals surface area contributed by atoms with Crippen LogP contribution in [-0.2, 0) is 10.3 Å². The Morgan fingerprint density at radius 2 is 1.77 bits per heavy atom. The molecule has 1 saturated heterocycles. The Kier molecular flexibility index (Phi) is 7.01. The van der Waals surface area contributed by atoms with Gasteiger partial charge in [0.25, 0.3) is 5.91 Å². The van der Waals surface area contributed by atoms with Crippen LogP contribution in [0.2, 0.25) is 10.0 Å². The first kappa shape index (κ1) is 22.5. The lowest BCUT2D eigenvalue weighted by Crippen LogP contribution is -2.51. The Bertz CT molecular complexity index is 911. The van der Waals surface area contributed by atoms with E-state index in [0.29, 0.717) is 59.0 Å². The van der Waals surface area contributed by atoms with Crippen molar-refractivity contribution in [1.29, 1.82) is 0 Å². The molecular weight excluding hydrogens is 429 g/mol. The quantitative estimate of drug-likeness (QED) is 0.640. The van der Waals surface area contributed by atoms with Crippen LogP contribution < -0.4 is 14.2 Å². The third kappa shape index (κ3) is 4.17. The SMILES string of the molecule is [CH2]CC1(c2ccc(Cl)c(Cl)c2)CN(C(=O)c2cc(OC)c(OC)c(OC)c2)CCO1. The molecule has 3 rings (SSSR count). The number of carbonyl (C=O) groups excluding carboxylic acids is 1. The van der Waals surface area contributed by atoms with E-state index in [0.717, 1.165) is 5.56 Å². The smallest absolute Gasteiger partial charge is 0.254 e. The molecule has 1 aliphatic rings. The molecule has 1 radical (unpaired) electrons. The van der Waals surface area contributed by atoms with Gasteiger partial charge in [-0.25, -0.2) is 0 Å². The van der Waals surface area contributed by atoms with Crippen LogP contribution >= 0.6 is 23.2 Å². The minimum absolute atomic E-state index is 0.171. The summed E-state index contributed by atoms with van der Waals surface area (Å²) in [7, 11) is 4.54. The predicted octanol–water partition coefficient (Wildman–Crippen LogP) is 4.61. The highest BCUT2D eigenvalue weighted by atomic mass is 35.5. The van der Waals surface area contributed by atoms with Crippen LogP contribution in [0.15, 0.2) is 30.3 Å². The lowest BCUT2D eigenvalue weighted by molar-refractivity contribution is -0.104. The normalized spacial score (nSPS) is 18.8. The highest BCUT2D eigenvalue weighted by Gasteiger charge is 2.39. The number of rotatable bonds is 6. The third-order valence-electron chi connectivity index (χ3n) is 5.23. The number of hydrogen-bond donors (Lipinski definition) is 0. The molecule has 0 aliphatic carbocycles. The van der Waals surface area contributed by atoms with E-state index in [9.17, 15) is 4.79 Å². The Balaban J connectivity index is 1.94. The lowest BCUT2D eigenvalue weighted by atomic mass is 9.89. The number of nitrogens with zero attached hydrogens (tertiary/aromatic N) is 1. The number of amides is 1. The largest absolute Gasteiger partial charge is 0.493 e. The van der Waals surface area contributed by atoms with Crippen LogP contribution in [0, 0.1) is 6.92 Å². The summed E-state index contributed by atoms with van der Waals surface area (Å²) in [6, 6.07) is 8.63. The number of morpholine rings is 1. The van der Waals surface area contributed by atoms with Gasteiger partial charge in [0.05, 0.1) is 44.5 Å². The predicted molar refractivity (Wildman–Crippen MR) is 116 cm³/mol. The molecule has 161 valence electrons. The fourth-order valence-electron chi connectivity index (χ4n) is 3.59. The van der Waals surface area contributed by atoms with Gasteiger partial charge in [-0.15, -0.1) is 0 Å². The molecule has 0 bridgehead atoms. The van der Waals surface area contributed by atoms with E-state index in [-0.39, 0.29) is 5.91 Å². The average Bonchev–Trinajstić information content (AvgIpc) is 2.79. The molecule has 0 N–H and O–H groups in total. The molecule has 1 unspecified atom stereocenters. The molecule has 2 aromatic rings. The van der Waals surface area contributed by atoms with Crippen molar-refractivity contribution < 1.29 is 23.7 Å². The number of hydrogen-bond acceptors (Lipinski definition) is 5. The molecular formula is C22H24Cl2NO5. The molecule has 1 heterocycles. The highest BCUT2D eigenvalue weighted by molar-refractivity contribution is 6.42. The molecule has 1 fully saturated rings. The van der Waals surface area contributed by atoms with E-state index in [4.69, 9.17) is 42.1 Å². The molecule has 0 spiro atoms. The lowest BCUT2D eigenvalue weighted by Gasteiger charge is -2.43. The highest BCUT2D eigenvalue weighted by Crippen LogP contribution is 2.40. The number of ether oxygens (including phenoxy) is 4. The van der Waals surface area contributed by atoms with Crippen molar-refractivity contribution in [2.75, 3.05) is 41.0 Å². The van der Waals surface area contributed by atoms with Gasteiger partial charge in [0.15, 0.2) is 11.5 Å². The van der Waals surface area contributed by atoms with E-state index >= 15 is 0 Å². The number of benzene rings is 2. The molecule has 2 aromatic carbocycles. The van der Waals surface area contributed by atoms with Crippen LogP contribution in [0.1, 0.15) is 22.3 Å². The van der Waals surface area contributed by atoms with Gasteiger partial charge in [-0.1, -0.05) is 36.2 Å². The maximum Gasteiger partial charge on any atom is 0.254 e. The molecule has 1 aliphatic heterocycles. The second-order valence-corrected chi connectivity index (χ2v) is 7.68. The summed E-state index contributed by atoms with van der Waals surface area (Å²) in [6.45, 7) is 5.19. The van der Waals surface area contributed by atoms with Gasteiger partial charge in [0.1, 0.15) is 5.60 Å². The Morgan fingerprint density at radius 1 is 1.10 bits per heavy atom. The number of methoxy groups -OCH3 is 3. The van der Waals surface area contributed by atoms with Crippen LogP contribution in [0.5, 0.6) is 17.2 Å². The Morgan fingerprint density at radius 3 is 2.30 bits per heavy atom. The van der Waals surface area contributed by atoms with Crippen LogP contribution in [0.25, 0.3) is 0 Å². The fraction of sp³-hybridized carbons (Fsp3) is 0.364. The van der Waals surface area contributed by atoms with E-state index in [1.807, 2.05) is 6.07 Å². The summed E-state index contributed by atoms with van der Waals surface area (Å²) < 4.78 is 22.2. The van der Waals surface area contributed by atoms with E-state index in [2.05, 4.69) is 6.92 Å². The zero-order chi connectivity index (χ0) is 21.9. The molecule has 0 saturated carbocycles. The van der Waals surface area contributed by atoms with Crippen LogP contribution in [-0.4, -0.2) is 51.8 Å². The third-order valence-corrected chi connectivity index (χ3v) is 5.97. The fourth-order valence-corrected chi connectivity index (χ4v) is 3.89. The molecule has 1 atom stereocenters. The number of carbonyl (C=O) groups is 1. The minimum atomic E-state index is -0.775. The van der Waals surface area contributed by atoms with Gasteiger partial charge in [-0.05, 0) is 36.2 Å². The molecule has 8 heteroatoms. The maximum absolute atomic E-state index is 13.3. The van der Waals surface area contributed by atoms with Crippen molar-refractivity contribution in [3.63, 3.8) is 0 Å². The topological polar surface area (TPSA) is 57.2 Å². The van der Waals surface area contributed by atoms with Gasteiger partial charge in [-0.3, -0.25) is 4.79 Å². The zero-order valence-electron chi connectivity index (χ0n) is 17.2. The van der Waals surface area contributed by atoms with Crippen molar-refractivity contribution in [1.82, 2.24) is 4.90 Å². The van der Waals surface area contributed by atoms with Crippen molar-refractivity contribution in [3.05, 3.63) is 58.4 Å². The van der Waals surface area contributed by atoms with E-state index in [1.54, 1.807) is 29.2 Å².